The molecule has 0 bridgehead atoms. The fourth-order valence-corrected chi connectivity index (χ4v) is 2.49. The van der Waals surface area contributed by atoms with Crippen LogP contribution in [0, 0.1) is 0 Å². The Kier molecular flexibility index (Phi) is 3.99. The molecular weight excluding hydrogens is 286 g/mol. The van der Waals surface area contributed by atoms with Crippen molar-refractivity contribution in [3.05, 3.63) is 76.8 Å². The first-order chi connectivity index (χ1) is 10.3. The largest absolute Gasteiger partial charge is 0.388 e. The van der Waals surface area contributed by atoms with Gasteiger partial charge in [-0.05, 0) is 29.8 Å². The Labute approximate surface area is 127 Å². The van der Waals surface area contributed by atoms with E-state index in [1.807, 2.05) is 59.2 Å². The summed E-state index contributed by atoms with van der Waals surface area (Å²) < 4.78 is 1.88. The number of halogens is 1. The summed E-state index contributed by atoms with van der Waals surface area (Å²) >= 11 is 6.02. The molecule has 1 N–H and O–H groups in total. The maximum Gasteiger partial charge on any atom is 0.163 e. The Morgan fingerprint density at radius 1 is 0.952 bits per heavy atom. The van der Waals surface area contributed by atoms with Gasteiger partial charge in [-0.3, -0.25) is 4.57 Å². The molecule has 2 aromatic carbocycles. The van der Waals surface area contributed by atoms with Gasteiger partial charge in [0.2, 0.25) is 0 Å². The van der Waals surface area contributed by atoms with E-state index in [2.05, 4.69) is 10.2 Å². The molecule has 0 saturated carbocycles. The monoisotopic (exact) mass is 299 g/mol. The van der Waals surface area contributed by atoms with E-state index in [0.717, 1.165) is 17.1 Å². The van der Waals surface area contributed by atoms with Gasteiger partial charge in [-0.2, -0.15) is 0 Å². The van der Waals surface area contributed by atoms with Crippen molar-refractivity contribution in [2.45, 2.75) is 13.0 Å². The molecule has 3 aromatic rings. The zero-order valence-corrected chi connectivity index (χ0v) is 12.0. The van der Waals surface area contributed by atoms with E-state index in [4.69, 9.17) is 11.6 Å². The first kappa shape index (κ1) is 13.8. The lowest BCUT2D eigenvalue weighted by atomic mass is 10.1. The van der Waals surface area contributed by atoms with E-state index in [1.54, 1.807) is 0 Å². The second kappa shape index (κ2) is 6.08. The van der Waals surface area contributed by atoms with Crippen LogP contribution in [-0.4, -0.2) is 19.9 Å². The molecule has 0 amide bonds. The predicted octanol–water partition coefficient (Wildman–Crippen LogP) is 3.00. The normalized spacial score (nSPS) is 10.8. The summed E-state index contributed by atoms with van der Waals surface area (Å²) in [6.45, 7) is -0.155. The van der Waals surface area contributed by atoms with E-state index in [-0.39, 0.29) is 6.61 Å². The average Bonchev–Trinajstić information content (AvgIpc) is 2.91. The van der Waals surface area contributed by atoms with Gasteiger partial charge in [-0.25, -0.2) is 0 Å². The van der Waals surface area contributed by atoms with Gasteiger partial charge in [0.1, 0.15) is 12.4 Å². The lowest BCUT2D eigenvalue weighted by Gasteiger charge is -2.09. The van der Waals surface area contributed by atoms with E-state index in [0.29, 0.717) is 17.3 Å². The van der Waals surface area contributed by atoms with Crippen molar-refractivity contribution in [2.75, 3.05) is 0 Å². The van der Waals surface area contributed by atoms with E-state index >= 15 is 0 Å². The summed E-state index contributed by atoms with van der Waals surface area (Å²) in [5.74, 6) is 1.30. The van der Waals surface area contributed by atoms with Gasteiger partial charge in [-0.1, -0.05) is 41.9 Å². The molecule has 3 rings (SSSR count). The molecule has 0 spiro atoms. The van der Waals surface area contributed by atoms with Crippen molar-refractivity contribution in [1.29, 1.82) is 0 Å². The number of aliphatic hydroxyl groups is 1. The molecule has 4 nitrogen and oxygen atoms in total. The second-order valence-electron chi connectivity index (χ2n) is 4.67. The van der Waals surface area contributed by atoms with Crippen LogP contribution in [0.4, 0.5) is 0 Å². The summed E-state index contributed by atoms with van der Waals surface area (Å²) in [6, 6.07) is 17.4. The standard InChI is InChI=1S/C16H14ClN3O/c17-13-6-4-5-12(9-13)10-15-18-19-16(11-21)20(15)14-7-2-1-3-8-14/h1-9,21H,10-11H2. The van der Waals surface area contributed by atoms with Crippen molar-refractivity contribution in [3.8, 4) is 5.69 Å². The predicted molar refractivity (Wildman–Crippen MR) is 81.5 cm³/mol. The average molecular weight is 300 g/mol. The minimum atomic E-state index is -0.155. The third-order valence-corrected chi connectivity index (χ3v) is 3.44. The molecule has 21 heavy (non-hydrogen) atoms. The maximum absolute atomic E-state index is 9.46. The number of hydrogen-bond donors (Lipinski definition) is 1. The van der Waals surface area contributed by atoms with Crippen LogP contribution < -0.4 is 0 Å². The topological polar surface area (TPSA) is 50.9 Å². The van der Waals surface area contributed by atoms with Gasteiger partial charge in [0.05, 0.1) is 0 Å². The number of para-hydroxylation sites is 1. The fourth-order valence-electron chi connectivity index (χ4n) is 2.28. The molecule has 0 atom stereocenters. The Morgan fingerprint density at radius 2 is 1.71 bits per heavy atom. The third-order valence-electron chi connectivity index (χ3n) is 3.20. The van der Waals surface area contributed by atoms with Crippen molar-refractivity contribution in [1.82, 2.24) is 14.8 Å². The first-order valence-electron chi connectivity index (χ1n) is 6.62. The van der Waals surface area contributed by atoms with Crippen molar-refractivity contribution >= 4 is 11.6 Å². The molecular formula is C16H14ClN3O. The highest BCUT2D eigenvalue weighted by molar-refractivity contribution is 6.30. The van der Waals surface area contributed by atoms with E-state index in [1.165, 1.54) is 0 Å². The molecule has 106 valence electrons. The van der Waals surface area contributed by atoms with Crippen molar-refractivity contribution in [3.63, 3.8) is 0 Å². The number of nitrogens with zero attached hydrogens (tertiary/aromatic N) is 3. The van der Waals surface area contributed by atoms with Gasteiger partial charge in [-0.15, -0.1) is 10.2 Å². The summed E-state index contributed by atoms with van der Waals surface area (Å²) in [5.41, 5.74) is 1.99. The van der Waals surface area contributed by atoms with Crippen LogP contribution in [0.25, 0.3) is 5.69 Å². The quantitative estimate of drug-likeness (QED) is 0.806. The van der Waals surface area contributed by atoms with Gasteiger partial charge in [0, 0.05) is 17.1 Å². The molecule has 1 heterocycles. The number of aliphatic hydroxyl groups excluding tert-OH is 1. The lowest BCUT2D eigenvalue weighted by Crippen LogP contribution is -2.06. The van der Waals surface area contributed by atoms with Crippen molar-refractivity contribution in [2.24, 2.45) is 0 Å². The number of benzene rings is 2. The van der Waals surface area contributed by atoms with Crippen LogP contribution in [0.5, 0.6) is 0 Å². The molecule has 5 heteroatoms. The Bertz CT molecular complexity index is 740. The molecule has 0 unspecified atom stereocenters. The first-order valence-corrected chi connectivity index (χ1v) is 6.99. The van der Waals surface area contributed by atoms with Crippen LogP contribution in [0.1, 0.15) is 17.2 Å². The van der Waals surface area contributed by atoms with Gasteiger partial charge < -0.3 is 5.11 Å². The van der Waals surface area contributed by atoms with Crippen LogP contribution in [-0.2, 0) is 13.0 Å². The van der Waals surface area contributed by atoms with Crippen molar-refractivity contribution < 1.29 is 5.11 Å². The zero-order valence-electron chi connectivity index (χ0n) is 11.3. The summed E-state index contributed by atoms with van der Waals surface area (Å²) in [4.78, 5) is 0. The minimum Gasteiger partial charge on any atom is -0.388 e. The SMILES string of the molecule is OCc1nnc(Cc2cccc(Cl)c2)n1-c1ccccc1. The van der Waals surface area contributed by atoms with Crippen LogP contribution in [0.3, 0.4) is 0 Å². The van der Waals surface area contributed by atoms with Gasteiger partial charge in [0.25, 0.3) is 0 Å². The molecule has 0 aliphatic rings. The molecule has 0 aliphatic carbocycles. The highest BCUT2D eigenvalue weighted by Gasteiger charge is 2.13. The van der Waals surface area contributed by atoms with E-state index in [9.17, 15) is 5.11 Å². The van der Waals surface area contributed by atoms with Gasteiger partial charge in [0.15, 0.2) is 5.82 Å². The fraction of sp³-hybridized carbons (Fsp3) is 0.125. The third kappa shape index (κ3) is 2.96. The number of aromatic nitrogens is 3. The van der Waals surface area contributed by atoms with Crippen LogP contribution in [0.2, 0.25) is 5.02 Å². The number of hydrogen-bond acceptors (Lipinski definition) is 3. The summed E-state index contributed by atoms with van der Waals surface area (Å²) in [6.07, 6.45) is 0.600. The highest BCUT2D eigenvalue weighted by Crippen LogP contribution is 2.18. The molecule has 1 aromatic heterocycles. The molecule has 0 aliphatic heterocycles. The highest BCUT2D eigenvalue weighted by atomic mass is 35.5. The number of rotatable bonds is 4. The minimum absolute atomic E-state index is 0.155. The van der Waals surface area contributed by atoms with Crippen LogP contribution >= 0.6 is 11.6 Å². The van der Waals surface area contributed by atoms with Crippen LogP contribution in [0.15, 0.2) is 54.6 Å². The maximum atomic E-state index is 9.46. The molecule has 0 radical (unpaired) electrons. The Hall–Kier alpha value is -2.17. The summed E-state index contributed by atoms with van der Waals surface area (Å²) in [5, 5.41) is 18.4. The molecule has 0 fully saturated rings. The Morgan fingerprint density at radius 3 is 2.43 bits per heavy atom. The summed E-state index contributed by atoms with van der Waals surface area (Å²) in [7, 11) is 0. The zero-order chi connectivity index (χ0) is 14.7. The Balaban J connectivity index is 2.02. The molecule has 0 saturated heterocycles. The smallest absolute Gasteiger partial charge is 0.163 e. The van der Waals surface area contributed by atoms with Gasteiger partial charge >= 0.3 is 0 Å². The van der Waals surface area contributed by atoms with E-state index < -0.39 is 0 Å². The second-order valence-corrected chi connectivity index (χ2v) is 5.10. The lowest BCUT2D eigenvalue weighted by molar-refractivity contribution is 0.268.